The standard InChI is InChI=1S/C57H41NS/c1-57(2)50-33-13-11-26-45(50)48-31-16-30-44(55(48)57)40-23-15-24-41(37-40)58(52-35-18-32-49-46-27-12-14-36-53(46)59-56(49)52)51-34-17-29-43(39-21-7-4-8-22-39)54(51)47-28-10-9-25-42(47)38-19-5-3-6-20-38/h3-37H,1-2H3. The molecule has 0 aliphatic heterocycles. The highest BCUT2D eigenvalue weighted by Crippen LogP contribution is 2.54. The van der Waals surface area contributed by atoms with Gasteiger partial charge in [0, 0.05) is 32.1 Å². The van der Waals surface area contributed by atoms with Gasteiger partial charge in [-0.15, -0.1) is 11.3 Å². The number of hydrogen-bond donors (Lipinski definition) is 0. The van der Waals surface area contributed by atoms with E-state index in [0.717, 1.165) is 17.1 Å². The number of rotatable bonds is 7. The van der Waals surface area contributed by atoms with Crippen molar-refractivity contribution < 1.29 is 0 Å². The molecule has 0 fully saturated rings. The molecule has 2 heteroatoms. The quantitative estimate of drug-likeness (QED) is 0.156. The van der Waals surface area contributed by atoms with Gasteiger partial charge in [0.05, 0.1) is 16.1 Å². The van der Waals surface area contributed by atoms with Gasteiger partial charge in [-0.25, -0.2) is 0 Å². The SMILES string of the molecule is CC1(C)c2ccccc2-c2cccc(-c3cccc(N(c4cccc(-c5ccccc5)c4-c4ccccc4-c4ccccc4)c4cccc5c4sc4ccccc45)c3)c21. The smallest absolute Gasteiger partial charge is 0.0640 e. The fourth-order valence-corrected chi connectivity index (χ4v) is 10.9. The van der Waals surface area contributed by atoms with Gasteiger partial charge in [-0.2, -0.15) is 0 Å². The average molecular weight is 772 g/mol. The normalized spacial score (nSPS) is 12.7. The van der Waals surface area contributed by atoms with Crippen LogP contribution in [0.2, 0.25) is 0 Å². The number of fused-ring (bicyclic) bond motifs is 6. The van der Waals surface area contributed by atoms with Crippen molar-refractivity contribution in [3.05, 3.63) is 223 Å². The van der Waals surface area contributed by atoms with Crippen LogP contribution in [0.15, 0.2) is 212 Å². The lowest BCUT2D eigenvalue weighted by atomic mass is 9.79. The Balaban J connectivity index is 1.21. The van der Waals surface area contributed by atoms with Crippen molar-refractivity contribution >= 4 is 48.6 Å². The number of anilines is 3. The van der Waals surface area contributed by atoms with Crippen molar-refractivity contribution in [3.63, 3.8) is 0 Å². The maximum atomic E-state index is 2.54. The van der Waals surface area contributed by atoms with Gasteiger partial charge >= 0.3 is 0 Å². The molecule has 0 unspecified atom stereocenters. The summed E-state index contributed by atoms with van der Waals surface area (Å²) in [5.41, 5.74) is 18.3. The summed E-state index contributed by atoms with van der Waals surface area (Å²) in [5.74, 6) is 0. The van der Waals surface area contributed by atoms with Gasteiger partial charge in [0.25, 0.3) is 0 Å². The van der Waals surface area contributed by atoms with Crippen LogP contribution in [0.25, 0.3) is 75.8 Å². The second kappa shape index (κ2) is 14.1. The molecular weight excluding hydrogens is 731 g/mol. The molecule has 0 N–H and O–H groups in total. The molecule has 1 aromatic heterocycles. The van der Waals surface area contributed by atoms with Crippen molar-refractivity contribution in [2.24, 2.45) is 0 Å². The molecular formula is C57H41NS. The maximum Gasteiger partial charge on any atom is 0.0640 e. The zero-order valence-electron chi connectivity index (χ0n) is 33.1. The van der Waals surface area contributed by atoms with E-state index in [1.54, 1.807) is 0 Å². The van der Waals surface area contributed by atoms with Crippen molar-refractivity contribution in [1.29, 1.82) is 0 Å². The van der Waals surface area contributed by atoms with Gasteiger partial charge in [-0.3, -0.25) is 0 Å². The largest absolute Gasteiger partial charge is 0.308 e. The molecule has 0 atom stereocenters. The Labute approximate surface area is 350 Å². The van der Waals surface area contributed by atoms with E-state index in [2.05, 4.69) is 231 Å². The second-order valence-electron chi connectivity index (χ2n) is 16.0. The summed E-state index contributed by atoms with van der Waals surface area (Å²) in [7, 11) is 0. The molecule has 0 amide bonds. The first-order chi connectivity index (χ1) is 29.1. The summed E-state index contributed by atoms with van der Waals surface area (Å²) in [6.07, 6.45) is 0. The molecule has 0 bridgehead atoms. The van der Waals surface area contributed by atoms with Gasteiger partial charge in [0.15, 0.2) is 0 Å². The minimum Gasteiger partial charge on any atom is -0.308 e. The Morgan fingerprint density at radius 1 is 0.390 bits per heavy atom. The Hall–Kier alpha value is -7.00. The van der Waals surface area contributed by atoms with Crippen LogP contribution >= 0.6 is 11.3 Å². The summed E-state index contributed by atoms with van der Waals surface area (Å²) in [6.45, 7) is 4.76. The summed E-state index contributed by atoms with van der Waals surface area (Å²) >= 11 is 1.88. The van der Waals surface area contributed by atoms with Gasteiger partial charge in [0.2, 0.25) is 0 Å². The highest BCUT2D eigenvalue weighted by molar-refractivity contribution is 7.26. The topological polar surface area (TPSA) is 3.24 Å². The van der Waals surface area contributed by atoms with E-state index in [4.69, 9.17) is 0 Å². The van der Waals surface area contributed by atoms with Gasteiger partial charge in [0.1, 0.15) is 0 Å². The molecule has 11 rings (SSSR count). The van der Waals surface area contributed by atoms with Crippen LogP contribution in [0.3, 0.4) is 0 Å². The fraction of sp³-hybridized carbons (Fsp3) is 0.0526. The van der Waals surface area contributed by atoms with Crippen LogP contribution in [0.4, 0.5) is 17.1 Å². The van der Waals surface area contributed by atoms with Crippen molar-refractivity contribution in [1.82, 2.24) is 0 Å². The minimum absolute atomic E-state index is 0.140. The predicted octanol–water partition coefficient (Wildman–Crippen LogP) is 16.5. The molecule has 0 saturated carbocycles. The first-order valence-corrected chi connectivity index (χ1v) is 21.3. The highest BCUT2D eigenvalue weighted by Gasteiger charge is 2.37. The van der Waals surface area contributed by atoms with E-state index in [1.165, 1.54) is 86.9 Å². The molecule has 9 aromatic carbocycles. The lowest BCUT2D eigenvalue weighted by Crippen LogP contribution is -2.16. The van der Waals surface area contributed by atoms with E-state index >= 15 is 0 Å². The Bertz CT molecular complexity index is 3190. The number of thiophene rings is 1. The van der Waals surface area contributed by atoms with Gasteiger partial charge < -0.3 is 4.90 Å². The van der Waals surface area contributed by atoms with Gasteiger partial charge in [-0.1, -0.05) is 196 Å². The first kappa shape index (κ1) is 35.2. The molecule has 1 nitrogen and oxygen atoms in total. The Kier molecular flexibility index (Phi) is 8.43. The van der Waals surface area contributed by atoms with Crippen LogP contribution in [0, 0.1) is 0 Å². The summed E-state index contributed by atoms with van der Waals surface area (Å²) in [4.78, 5) is 2.54. The van der Waals surface area contributed by atoms with E-state index in [0.29, 0.717) is 0 Å². The van der Waals surface area contributed by atoms with E-state index in [9.17, 15) is 0 Å². The van der Waals surface area contributed by atoms with Crippen LogP contribution in [-0.4, -0.2) is 0 Å². The highest BCUT2D eigenvalue weighted by atomic mass is 32.1. The zero-order valence-corrected chi connectivity index (χ0v) is 33.9. The van der Waals surface area contributed by atoms with Crippen LogP contribution < -0.4 is 4.90 Å². The van der Waals surface area contributed by atoms with E-state index < -0.39 is 0 Å². The molecule has 0 spiro atoms. The first-order valence-electron chi connectivity index (χ1n) is 20.4. The molecule has 10 aromatic rings. The van der Waals surface area contributed by atoms with Crippen molar-refractivity contribution in [3.8, 4) is 55.6 Å². The fourth-order valence-electron chi connectivity index (χ4n) is 9.66. The molecule has 1 heterocycles. The minimum atomic E-state index is -0.140. The number of hydrogen-bond acceptors (Lipinski definition) is 2. The third kappa shape index (κ3) is 5.74. The maximum absolute atomic E-state index is 2.54. The zero-order chi connectivity index (χ0) is 39.5. The summed E-state index contributed by atoms with van der Waals surface area (Å²) in [5, 5.41) is 2.56. The molecule has 280 valence electrons. The van der Waals surface area contributed by atoms with E-state index in [1.807, 2.05) is 11.3 Å². The van der Waals surface area contributed by atoms with Crippen LogP contribution in [-0.2, 0) is 5.41 Å². The third-order valence-electron chi connectivity index (χ3n) is 12.3. The second-order valence-corrected chi connectivity index (χ2v) is 17.1. The van der Waals surface area contributed by atoms with E-state index in [-0.39, 0.29) is 5.41 Å². The predicted molar refractivity (Wildman–Crippen MR) is 253 cm³/mol. The van der Waals surface area contributed by atoms with Crippen LogP contribution in [0.5, 0.6) is 0 Å². The molecule has 0 radical (unpaired) electrons. The Morgan fingerprint density at radius 3 is 1.75 bits per heavy atom. The number of nitrogens with zero attached hydrogens (tertiary/aromatic N) is 1. The average Bonchev–Trinajstić information content (AvgIpc) is 3.80. The Morgan fingerprint density at radius 2 is 0.932 bits per heavy atom. The summed E-state index contributed by atoms with van der Waals surface area (Å²) in [6, 6.07) is 78.1. The lowest BCUT2D eigenvalue weighted by Gasteiger charge is -2.31. The molecule has 0 saturated heterocycles. The monoisotopic (exact) mass is 771 g/mol. The van der Waals surface area contributed by atoms with Gasteiger partial charge in [-0.05, 0) is 91.5 Å². The molecule has 1 aliphatic carbocycles. The summed E-state index contributed by atoms with van der Waals surface area (Å²) < 4.78 is 2.56. The van der Waals surface area contributed by atoms with Crippen molar-refractivity contribution in [2.45, 2.75) is 19.3 Å². The molecule has 1 aliphatic rings. The third-order valence-corrected chi connectivity index (χ3v) is 13.5. The lowest BCUT2D eigenvalue weighted by molar-refractivity contribution is 0.662. The van der Waals surface area contributed by atoms with Crippen molar-refractivity contribution in [2.75, 3.05) is 4.90 Å². The number of benzene rings is 9. The van der Waals surface area contributed by atoms with Crippen LogP contribution in [0.1, 0.15) is 25.0 Å². The molecule has 59 heavy (non-hydrogen) atoms.